The van der Waals surface area contributed by atoms with Gasteiger partial charge in [0.25, 0.3) is 0 Å². The second-order valence-corrected chi connectivity index (χ2v) is 8.14. The number of fused-ring (bicyclic) bond motifs is 1. The third-order valence-electron chi connectivity index (χ3n) is 5.41. The van der Waals surface area contributed by atoms with Gasteiger partial charge >= 0.3 is 0 Å². The standard InChI is InChI=1S/C23H24ClN5O2/c1-28-13-17-14-29(21(30)10-7-16-5-8-18(24)9-6-16)15-20(22(17)27-28)23(31)26-12-19-4-2-3-11-25-19/h2-6,8-9,11,13,20H,7,10,12,14-15H2,1H3,(H,26,31)/t20-/m0/s1. The zero-order valence-electron chi connectivity index (χ0n) is 17.3. The lowest BCUT2D eigenvalue weighted by atomic mass is 9.95. The highest BCUT2D eigenvalue weighted by Gasteiger charge is 2.35. The summed E-state index contributed by atoms with van der Waals surface area (Å²) in [5.41, 5.74) is 3.49. The van der Waals surface area contributed by atoms with E-state index in [4.69, 9.17) is 11.6 Å². The van der Waals surface area contributed by atoms with E-state index in [0.29, 0.717) is 37.5 Å². The molecule has 2 aromatic heterocycles. The summed E-state index contributed by atoms with van der Waals surface area (Å²) in [5.74, 6) is -0.638. The Morgan fingerprint density at radius 2 is 2.00 bits per heavy atom. The Morgan fingerprint density at radius 1 is 1.19 bits per heavy atom. The van der Waals surface area contributed by atoms with Gasteiger partial charge in [-0.15, -0.1) is 0 Å². The van der Waals surface area contributed by atoms with Gasteiger partial charge in [0, 0.05) is 49.5 Å². The van der Waals surface area contributed by atoms with Crippen molar-refractivity contribution in [2.24, 2.45) is 7.05 Å². The topological polar surface area (TPSA) is 80.1 Å². The predicted molar refractivity (Wildman–Crippen MR) is 117 cm³/mol. The monoisotopic (exact) mass is 437 g/mol. The summed E-state index contributed by atoms with van der Waals surface area (Å²) in [5, 5.41) is 8.11. The number of halogens is 1. The van der Waals surface area contributed by atoms with Gasteiger partial charge in [0.05, 0.1) is 23.9 Å². The van der Waals surface area contributed by atoms with Crippen molar-refractivity contribution in [3.05, 3.63) is 82.4 Å². The van der Waals surface area contributed by atoms with Crippen molar-refractivity contribution in [1.29, 1.82) is 0 Å². The van der Waals surface area contributed by atoms with E-state index < -0.39 is 5.92 Å². The maximum Gasteiger partial charge on any atom is 0.231 e. The molecule has 1 N–H and O–H groups in total. The fourth-order valence-corrected chi connectivity index (χ4v) is 3.93. The molecule has 0 unspecified atom stereocenters. The molecule has 160 valence electrons. The average Bonchev–Trinajstić information content (AvgIpc) is 3.17. The van der Waals surface area contributed by atoms with Gasteiger partial charge in [-0.3, -0.25) is 19.3 Å². The molecular weight excluding hydrogens is 414 g/mol. The first-order chi connectivity index (χ1) is 15.0. The van der Waals surface area contributed by atoms with E-state index in [1.165, 1.54) is 0 Å². The summed E-state index contributed by atoms with van der Waals surface area (Å²) in [6, 6.07) is 13.1. The van der Waals surface area contributed by atoms with Crippen LogP contribution >= 0.6 is 11.6 Å². The van der Waals surface area contributed by atoms with E-state index >= 15 is 0 Å². The van der Waals surface area contributed by atoms with Crippen molar-refractivity contribution < 1.29 is 9.59 Å². The molecule has 0 fully saturated rings. The zero-order valence-corrected chi connectivity index (χ0v) is 18.0. The maximum atomic E-state index is 13.0. The molecule has 3 heterocycles. The molecule has 1 aromatic carbocycles. The first-order valence-electron chi connectivity index (χ1n) is 10.2. The number of aryl methyl sites for hydroxylation is 2. The maximum absolute atomic E-state index is 13.0. The molecule has 8 heteroatoms. The van der Waals surface area contributed by atoms with Crippen LogP contribution in [-0.2, 0) is 36.1 Å². The molecule has 4 rings (SSSR count). The SMILES string of the molecule is Cn1cc2c(n1)[C@@H](C(=O)NCc1ccccn1)CN(C(=O)CCc1ccc(Cl)cc1)C2. The van der Waals surface area contributed by atoms with Crippen molar-refractivity contribution in [2.45, 2.75) is 31.8 Å². The minimum atomic E-state index is -0.506. The summed E-state index contributed by atoms with van der Waals surface area (Å²) >= 11 is 5.93. The number of amides is 2. The number of hydrogen-bond donors (Lipinski definition) is 1. The Balaban J connectivity index is 1.43. The van der Waals surface area contributed by atoms with E-state index in [1.54, 1.807) is 15.8 Å². The number of aromatic nitrogens is 3. The van der Waals surface area contributed by atoms with Gasteiger partial charge in [-0.1, -0.05) is 29.8 Å². The smallest absolute Gasteiger partial charge is 0.231 e. The molecule has 0 saturated carbocycles. The number of pyridine rings is 1. The third kappa shape index (κ3) is 5.11. The quantitative estimate of drug-likeness (QED) is 0.643. The van der Waals surface area contributed by atoms with E-state index in [1.807, 2.05) is 55.7 Å². The highest BCUT2D eigenvalue weighted by atomic mass is 35.5. The van der Waals surface area contributed by atoms with E-state index in [9.17, 15) is 9.59 Å². The molecule has 0 spiro atoms. The molecule has 0 saturated heterocycles. The van der Waals surface area contributed by atoms with Crippen molar-refractivity contribution in [2.75, 3.05) is 6.54 Å². The summed E-state index contributed by atoms with van der Waals surface area (Å²) in [4.78, 5) is 31.9. The predicted octanol–water partition coefficient (Wildman–Crippen LogP) is 2.84. The van der Waals surface area contributed by atoms with E-state index in [2.05, 4.69) is 15.4 Å². The molecule has 2 amide bonds. The average molecular weight is 438 g/mol. The van der Waals surface area contributed by atoms with Crippen LogP contribution in [0.5, 0.6) is 0 Å². The Hall–Kier alpha value is -3.19. The first kappa shape index (κ1) is 21.1. The molecule has 0 radical (unpaired) electrons. The first-order valence-corrected chi connectivity index (χ1v) is 10.6. The molecule has 1 aliphatic rings. The van der Waals surface area contributed by atoms with Gasteiger partial charge in [0.1, 0.15) is 0 Å². The lowest BCUT2D eigenvalue weighted by Crippen LogP contribution is -2.43. The highest BCUT2D eigenvalue weighted by molar-refractivity contribution is 6.30. The van der Waals surface area contributed by atoms with Gasteiger partial charge in [-0.05, 0) is 36.2 Å². The largest absolute Gasteiger partial charge is 0.350 e. The van der Waals surface area contributed by atoms with Crippen molar-refractivity contribution in [3.8, 4) is 0 Å². The highest BCUT2D eigenvalue weighted by Crippen LogP contribution is 2.28. The van der Waals surface area contributed by atoms with Crippen LogP contribution in [0, 0.1) is 0 Å². The fourth-order valence-electron chi connectivity index (χ4n) is 3.81. The summed E-state index contributed by atoms with van der Waals surface area (Å²) in [7, 11) is 1.83. The number of rotatable bonds is 6. The second kappa shape index (κ2) is 9.31. The number of carbonyl (C=O) groups is 2. The molecule has 31 heavy (non-hydrogen) atoms. The fraction of sp³-hybridized carbons (Fsp3) is 0.304. The van der Waals surface area contributed by atoms with Crippen LogP contribution in [0.2, 0.25) is 5.02 Å². The summed E-state index contributed by atoms with van der Waals surface area (Å²) in [6.07, 6.45) is 4.58. The molecular formula is C23H24ClN5O2. The van der Waals surface area contributed by atoms with Gasteiger partial charge in [0.15, 0.2) is 0 Å². The number of benzene rings is 1. The van der Waals surface area contributed by atoms with E-state index in [-0.39, 0.29) is 11.8 Å². The Labute approximate surface area is 186 Å². The second-order valence-electron chi connectivity index (χ2n) is 7.71. The minimum absolute atomic E-state index is 0.0204. The van der Waals surface area contributed by atoms with Gasteiger partial charge in [0.2, 0.25) is 11.8 Å². The Bertz CT molecular complexity index is 1070. The van der Waals surface area contributed by atoms with E-state index in [0.717, 1.165) is 22.5 Å². The van der Waals surface area contributed by atoms with Crippen molar-refractivity contribution >= 4 is 23.4 Å². The van der Waals surface area contributed by atoms with Gasteiger partial charge in [-0.2, -0.15) is 5.10 Å². The van der Waals surface area contributed by atoms with Crippen LogP contribution in [0.15, 0.2) is 54.9 Å². The number of carbonyl (C=O) groups excluding carboxylic acids is 2. The normalized spacial score (nSPS) is 15.4. The van der Waals surface area contributed by atoms with Crippen LogP contribution in [0.25, 0.3) is 0 Å². The van der Waals surface area contributed by atoms with Crippen molar-refractivity contribution in [3.63, 3.8) is 0 Å². The van der Waals surface area contributed by atoms with Crippen LogP contribution < -0.4 is 5.32 Å². The number of hydrogen-bond acceptors (Lipinski definition) is 4. The lowest BCUT2D eigenvalue weighted by molar-refractivity contribution is -0.133. The Morgan fingerprint density at radius 3 is 2.74 bits per heavy atom. The summed E-state index contributed by atoms with van der Waals surface area (Å²) in [6.45, 7) is 1.12. The molecule has 7 nitrogen and oxygen atoms in total. The molecule has 1 aliphatic heterocycles. The van der Waals surface area contributed by atoms with Crippen LogP contribution in [0.4, 0.5) is 0 Å². The van der Waals surface area contributed by atoms with Crippen LogP contribution in [-0.4, -0.2) is 38.0 Å². The Kier molecular flexibility index (Phi) is 6.32. The minimum Gasteiger partial charge on any atom is -0.350 e. The zero-order chi connectivity index (χ0) is 21.8. The number of nitrogens with zero attached hydrogens (tertiary/aromatic N) is 4. The summed E-state index contributed by atoms with van der Waals surface area (Å²) < 4.78 is 1.70. The molecule has 1 atom stereocenters. The van der Waals surface area contributed by atoms with Gasteiger partial charge in [-0.25, -0.2) is 0 Å². The molecule has 3 aromatic rings. The van der Waals surface area contributed by atoms with Crippen LogP contribution in [0.1, 0.15) is 34.9 Å². The van der Waals surface area contributed by atoms with Crippen LogP contribution in [0.3, 0.4) is 0 Å². The van der Waals surface area contributed by atoms with Gasteiger partial charge < -0.3 is 10.2 Å². The lowest BCUT2D eigenvalue weighted by Gasteiger charge is -2.31. The molecule has 0 bridgehead atoms. The molecule has 0 aliphatic carbocycles. The third-order valence-corrected chi connectivity index (χ3v) is 5.66. The number of nitrogens with one attached hydrogen (secondary N) is 1. The van der Waals surface area contributed by atoms with Crippen molar-refractivity contribution in [1.82, 2.24) is 25.0 Å².